The van der Waals surface area contributed by atoms with Crippen LogP contribution in [-0.4, -0.2) is 37.9 Å². The fourth-order valence-corrected chi connectivity index (χ4v) is 2.03. The van der Waals surface area contributed by atoms with E-state index in [0.29, 0.717) is 18.8 Å². The molecule has 0 radical (unpaired) electrons. The Bertz CT molecular complexity index is 526. The Morgan fingerprint density at radius 3 is 2.95 bits per heavy atom. The van der Waals surface area contributed by atoms with Crippen molar-refractivity contribution in [3.8, 4) is 0 Å². The molecule has 0 aromatic heterocycles. The Balaban J connectivity index is 1.98. The van der Waals surface area contributed by atoms with E-state index >= 15 is 0 Å². The predicted molar refractivity (Wildman–Crippen MR) is 79.9 cm³/mol. The van der Waals surface area contributed by atoms with E-state index < -0.39 is 11.8 Å². The van der Waals surface area contributed by atoms with Gasteiger partial charge < -0.3 is 14.7 Å². The highest BCUT2D eigenvalue weighted by molar-refractivity contribution is 5.87. The predicted octanol–water partition coefficient (Wildman–Crippen LogP) is 2.79. The SMILES string of the molecule is CN(CCOCC1CC1)c1cccc(F)c1/C=C/C(=O)O. The number of rotatable bonds is 8. The lowest BCUT2D eigenvalue weighted by Gasteiger charge is -2.21. The average Bonchev–Trinajstić information content (AvgIpc) is 3.25. The molecule has 0 saturated heterocycles. The van der Waals surface area contributed by atoms with Gasteiger partial charge in [-0.2, -0.15) is 0 Å². The summed E-state index contributed by atoms with van der Waals surface area (Å²) in [7, 11) is 1.84. The molecular weight excluding hydrogens is 273 g/mol. The van der Waals surface area contributed by atoms with Crippen molar-refractivity contribution in [1.29, 1.82) is 0 Å². The lowest BCUT2D eigenvalue weighted by atomic mass is 10.1. The Morgan fingerprint density at radius 2 is 2.29 bits per heavy atom. The van der Waals surface area contributed by atoms with Crippen LogP contribution in [0.2, 0.25) is 0 Å². The van der Waals surface area contributed by atoms with Gasteiger partial charge >= 0.3 is 5.97 Å². The number of benzene rings is 1. The van der Waals surface area contributed by atoms with Crippen LogP contribution < -0.4 is 4.90 Å². The van der Waals surface area contributed by atoms with Crippen LogP contribution >= 0.6 is 0 Å². The molecule has 21 heavy (non-hydrogen) atoms. The molecule has 1 fully saturated rings. The quantitative estimate of drug-likeness (QED) is 0.591. The zero-order valence-corrected chi connectivity index (χ0v) is 12.1. The summed E-state index contributed by atoms with van der Waals surface area (Å²) in [5.41, 5.74) is 0.937. The van der Waals surface area contributed by atoms with E-state index in [1.54, 1.807) is 12.1 Å². The summed E-state index contributed by atoms with van der Waals surface area (Å²) >= 11 is 0. The summed E-state index contributed by atoms with van der Waals surface area (Å²) in [4.78, 5) is 12.5. The molecular formula is C16H20FNO3. The molecule has 0 bridgehead atoms. The topological polar surface area (TPSA) is 49.8 Å². The molecule has 114 valence electrons. The van der Waals surface area contributed by atoms with Gasteiger partial charge in [0.2, 0.25) is 0 Å². The summed E-state index contributed by atoms with van der Waals surface area (Å²) in [6.07, 6.45) is 4.74. The molecule has 1 N–H and O–H groups in total. The molecule has 0 aliphatic heterocycles. The number of carboxylic acid groups (broad SMARTS) is 1. The number of carbonyl (C=O) groups is 1. The minimum Gasteiger partial charge on any atom is -0.478 e. The third-order valence-electron chi connectivity index (χ3n) is 3.46. The number of nitrogens with zero attached hydrogens (tertiary/aromatic N) is 1. The fraction of sp³-hybridized carbons (Fsp3) is 0.438. The van der Waals surface area contributed by atoms with Crippen LogP contribution in [0, 0.1) is 11.7 Å². The number of aliphatic carboxylic acids is 1. The van der Waals surface area contributed by atoms with Crippen LogP contribution in [0.25, 0.3) is 6.08 Å². The van der Waals surface area contributed by atoms with Crippen molar-refractivity contribution in [3.63, 3.8) is 0 Å². The first-order chi connectivity index (χ1) is 10.1. The molecule has 1 saturated carbocycles. The second-order valence-corrected chi connectivity index (χ2v) is 5.28. The van der Waals surface area contributed by atoms with Crippen molar-refractivity contribution < 1.29 is 19.0 Å². The van der Waals surface area contributed by atoms with Crippen molar-refractivity contribution in [3.05, 3.63) is 35.7 Å². The molecule has 5 heteroatoms. The highest BCUT2D eigenvalue weighted by Crippen LogP contribution is 2.29. The summed E-state index contributed by atoms with van der Waals surface area (Å²) in [5, 5.41) is 8.68. The number of likely N-dealkylation sites (N-methyl/N-ethyl adjacent to an activating group) is 1. The van der Waals surface area contributed by atoms with Gasteiger partial charge in [-0.05, 0) is 37.0 Å². The third-order valence-corrected chi connectivity index (χ3v) is 3.46. The fourth-order valence-electron chi connectivity index (χ4n) is 2.03. The zero-order valence-electron chi connectivity index (χ0n) is 12.1. The molecule has 0 unspecified atom stereocenters. The molecule has 1 aromatic rings. The van der Waals surface area contributed by atoms with Gasteiger partial charge in [0.25, 0.3) is 0 Å². The lowest BCUT2D eigenvalue weighted by Crippen LogP contribution is -2.24. The number of halogens is 1. The van der Waals surface area contributed by atoms with Gasteiger partial charge in [-0.3, -0.25) is 0 Å². The maximum Gasteiger partial charge on any atom is 0.328 e. The van der Waals surface area contributed by atoms with Crippen molar-refractivity contribution in [2.75, 3.05) is 31.7 Å². The molecule has 0 amide bonds. The Morgan fingerprint density at radius 1 is 1.52 bits per heavy atom. The van der Waals surface area contributed by atoms with Crippen LogP contribution in [0.3, 0.4) is 0 Å². The maximum absolute atomic E-state index is 13.9. The van der Waals surface area contributed by atoms with Crippen LogP contribution in [0.5, 0.6) is 0 Å². The second kappa shape index (κ2) is 7.22. The Labute approximate surface area is 123 Å². The minimum absolute atomic E-state index is 0.282. The van der Waals surface area contributed by atoms with E-state index in [4.69, 9.17) is 9.84 Å². The standard InChI is InChI=1S/C16H20FNO3/c1-18(9-10-21-11-12-5-6-12)15-4-2-3-14(17)13(15)7-8-16(19)20/h2-4,7-8,12H,5-6,9-11H2,1H3,(H,19,20)/b8-7+. The first-order valence-corrected chi connectivity index (χ1v) is 7.06. The zero-order chi connectivity index (χ0) is 15.2. The monoisotopic (exact) mass is 293 g/mol. The summed E-state index contributed by atoms with van der Waals surface area (Å²) in [5.74, 6) is -0.811. The highest BCUT2D eigenvalue weighted by atomic mass is 19.1. The lowest BCUT2D eigenvalue weighted by molar-refractivity contribution is -0.131. The Hall–Kier alpha value is -1.88. The maximum atomic E-state index is 13.9. The van der Waals surface area contributed by atoms with Crippen molar-refractivity contribution in [1.82, 2.24) is 0 Å². The normalized spacial score (nSPS) is 14.6. The van der Waals surface area contributed by atoms with Gasteiger partial charge in [-0.1, -0.05) is 6.07 Å². The summed E-state index contributed by atoms with van der Waals surface area (Å²) < 4.78 is 19.4. The Kier molecular flexibility index (Phi) is 5.33. The van der Waals surface area contributed by atoms with E-state index in [1.165, 1.54) is 25.0 Å². The molecule has 1 aliphatic rings. The number of carboxylic acids is 1. The number of ether oxygens (including phenoxy) is 1. The average molecular weight is 293 g/mol. The van der Waals surface area contributed by atoms with E-state index in [2.05, 4.69) is 0 Å². The number of anilines is 1. The highest BCUT2D eigenvalue weighted by Gasteiger charge is 2.21. The first kappa shape index (κ1) is 15.5. The van der Waals surface area contributed by atoms with Gasteiger partial charge in [-0.15, -0.1) is 0 Å². The van der Waals surface area contributed by atoms with Crippen LogP contribution in [0.15, 0.2) is 24.3 Å². The van der Waals surface area contributed by atoms with Crippen LogP contribution in [0.4, 0.5) is 10.1 Å². The van der Waals surface area contributed by atoms with Crippen molar-refractivity contribution >= 4 is 17.7 Å². The van der Waals surface area contributed by atoms with Crippen LogP contribution in [0.1, 0.15) is 18.4 Å². The van der Waals surface area contributed by atoms with Gasteiger partial charge in [0.15, 0.2) is 0 Å². The van der Waals surface area contributed by atoms with E-state index in [9.17, 15) is 9.18 Å². The van der Waals surface area contributed by atoms with E-state index in [1.807, 2.05) is 11.9 Å². The molecule has 0 atom stereocenters. The summed E-state index contributed by atoms with van der Waals surface area (Å²) in [6, 6.07) is 4.71. The van der Waals surface area contributed by atoms with Gasteiger partial charge in [0, 0.05) is 37.5 Å². The molecule has 0 heterocycles. The van der Waals surface area contributed by atoms with E-state index in [0.717, 1.165) is 18.6 Å². The van der Waals surface area contributed by atoms with Gasteiger partial charge in [0.1, 0.15) is 5.82 Å². The molecule has 1 aliphatic carbocycles. The molecule has 0 spiro atoms. The smallest absolute Gasteiger partial charge is 0.328 e. The second-order valence-electron chi connectivity index (χ2n) is 5.28. The largest absolute Gasteiger partial charge is 0.478 e. The van der Waals surface area contributed by atoms with Crippen molar-refractivity contribution in [2.45, 2.75) is 12.8 Å². The molecule has 1 aromatic carbocycles. The molecule has 2 rings (SSSR count). The molecule has 4 nitrogen and oxygen atoms in total. The van der Waals surface area contributed by atoms with Gasteiger partial charge in [-0.25, -0.2) is 9.18 Å². The number of hydrogen-bond donors (Lipinski definition) is 1. The summed E-state index contributed by atoms with van der Waals surface area (Å²) in [6.45, 7) is 2.00. The minimum atomic E-state index is -1.10. The number of hydrogen-bond acceptors (Lipinski definition) is 3. The van der Waals surface area contributed by atoms with E-state index in [-0.39, 0.29) is 5.56 Å². The van der Waals surface area contributed by atoms with Crippen LogP contribution in [-0.2, 0) is 9.53 Å². The van der Waals surface area contributed by atoms with Gasteiger partial charge in [0.05, 0.1) is 6.61 Å². The van der Waals surface area contributed by atoms with Crippen molar-refractivity contribution in [2.24, 2.45) is 5.92 Å². The first-order valence-electron chi connectivity index (χ1n) is 7.06. The third kappa shape index (κ3) is 4.86.